The normalized spacial score (nSPS) is 20.0. The molecule has 1 saturated heterocycles. The van der Waals surface area contributed by atoms with E-state index in [0.717, 1.165) is 37.9 Å². The van der Waals surface area contributed by atoms with Crippen LogP contribution in [0.25, 0.3) is 0 Å². The first-order valence-electron chi connectivity index (χ1n) is 10.7. The van der Waals surface area contributed by atoms with Crippen molar-refractivity contribution in [3.8, 4) is 5.75 Å². The van der Waals surface area contributed by atoms with Gasteiger partial charge < -0.3 is 19.7 Å². The van der Waals surface area contributed by atoms with E-state index in [-0.39, 0.29) is 24.0 Å². The number of methoxy groups -OCH3 is 1. The van der Waals surface area contributed by atoms with Gasteiger partial charge in [-0.2, -0.15) is 0 Å². The first kappa shape index (κ1) is 21.5. The third-order valence-electron chi connectivity index (χ3n) is 5.73. The van der Waals surface area contributed by atoms with Gasteiger partial charge in [0.25, 0.3) is 0 Å². The van der Waals surface area contributed by atoms with Gasteiger partial charge in [-0.25, -0.2) is 4.79 Å². The summed E-state index contributed by atoms with van der Waals surface area (Å²) in [5, 5.41) is 3.18. The summed E-state index contributed by atoms with van der Waals surface area (Å²) in [6.07, 6.45) is 4.99. The molecule has 1 unspecified atom stereocenters. The van der Waals surface area contributed by atoms with Crippen molar-refractivity contribution in [2.24, 2.45) is 0 Å². The monoisotopic (exact) mass is 402 g/mol. The number of fused-ring (bicyclic) bond motifs is 1. The fourth-order valence-electron chi connectivity index (χ4n) is 4.27. The molecule has 0 bridgehead atoms. The standard InChI is InChI=1S/C23H34N2O4/c1-23(2,3)29-22(27)25-12-10-18(11-13-25)24-21(26)15-17-7-5-6-16-14-19(28-4)8-9-20(16)17/h8-9,14,17-18H,5-7,10-13,15H2,1-4H3,(H,24,26). The fraction of sp³-hybridized carbons (Fsp3) is 0.652. The molecule has 6 nitrogen and oxygen atoms in total. The minimum absolute atomic E-state index is 0.106. The molecule has 0 aromatic heterocycles. The number of benzene rings is 1. The molecule has 2 amide bonds. The van der Waals surface area contributed by atoms with Gasteiger partial charge in [-0.05, 0) is 82.1 Å². The van der Waals surface area contributed by atoms with E-state index in [1.54, 1.807) is 12.0 Å². The average molecular weight is 403 g/mol. The minimum Gasteiger partial charge on any atom is -0.497 e. The number of amides is 2. The maximum Gasteiger partial charge on any atom is 0.410 e. The lowest BCUT2D eigenvalue weighted by Gasteiger charge is -2.34. The van der Waals surface area contributed by atoms with E-state index in [0.29, 0.717) is 19.5 Å². The van der Waals surface area contributed by atoms with Gasteiger partial charge in [0.2, 0.25) is 5.91 Å². The number of hydrogen-bond donors (Lipinski definition) is 1. The minimum atomic E-state index is -0.484. The zero-order valence-corrected chi connectivity index (χ0v) is 18.1. The molecular formula is C23H34N2O4. The summed E-state index contributed by atoms with van der Waals surface area (Å²) < 4.78 is 10.8. The lowest BCUT2D eigenvalue weighted by molar-refractivity contribution is -0.122. The fourth-order valence-corrected chi connectivity index (χ4v) is 4.27. The van der Waals surface area contributed by atoms with Gasteiger partial charge in [-0.3, -0.25) is 4.79 Å². The molecule has 0 radical (unpaired) electrons. The summed E-state index contributed by atoms with van der Waals surface area (Å²) in [6, 6.07) is 6.33. The third-order valence-corrected chi connectivity index (χ3v) is 5.73. The molecule has 1 aliphatic carbocycles. The van der Waals surface area contributed by atoms with Crippen molar-refractivity contribution in [2.45, 2.75) is 76.9 Å². The smallest absolute Gasteiger partial charge is 0.410 e. The Bertz CT molecular complexity index is 733. The number of rotatable bonds is 4. The third kappa shape index (κ3) is 5.87. The second-order valence-electron chi connectivity index (χ2n) is 9.17. The Labute approximate surface area is 173 Å². The first-order valence-corrected chi connectivity index (χ1v) is 10.7. The number of aryl methyl sites for hydroxylation is 1. The number of nitrogens with one attached hydrogen (secondary N) is 1. The predicted molar refractivity (Wildman–Crippen MR) is 112 cm³/mol. The van der Waals surface area contributed by atoms with Gasteiger partial charge in [0.05, 0.1) is 7.11 Å². The van der Waals surface area contributed by atoms with Gasteiger partial charge in [-0.15, -0.1) is 0 Å². The summed E-state index contributed by atoms with van der Waals surface area (Å²) in [5.74, 6) is 1.26. The van der Waals surface area contributed by atoms with Gasteiger partial charge >= 0.3 is 6.09 Å². The molecule has 1 aromatic rings. The number of nitrogens with zero attached hydrogens (tertiary/aromatic N) is 1. The van der Waals surface area contributed by atoms with Crippen LogP contribution in [0.15, 0.2) is 18.2 Å². The van der Waals surface area contributed by atoms with Crippen LogP contribution in [0.3, 0.4) is 0 Å². The second kappa shape index (κ2) is 9.06. The largest absolute Gasteiger partial charge is 0.497 e. The van der Waals surface area contributed by atoms with Crippen LogP contribution in [0.2, 0.25) is 0 Å². The van der Waals surface area contributed by atoms with Crippen LogP contribution in [0.4, 0.5) is 4.79 Å². The van der Waals surface area contributed by atoms with Crippen LogP contribution in [0.5, 0.6) is 5.75 Å². The van der Waals surface area contributed by atoms with Crippen molar-refractivity contribution in [3.05, 3.63) is 29.3 Å². The number of piperidine rings is 1. The summed E-state index contributed by atoms with van der Waals surface area (Å²) in [4.78, 5) is 26.6. The van der Waals surface area contributed by atoms with E-state index in [9.17, 15) is 9.59 Å². The van der Waals surface area contributed by atoms with Crippen LogP contribution >= 0.6 is 0 Å². The Morgan fingerprint density at radius 2 is 1.90 bits per heavy atom. The average Bonchev–Trinajstić information content (AvgIpc) is 2.67. The molecule has 3 rings (SSSR count). The first-order chi connectivity index (χ1) is 13.7. The van der Waals surface area contributed by atoms with Gasteiger partial charge in [0, 0.05) is 25.6 Å². The number of ether oxygens (including phenoxy) is 2. The van der Waals surface area contributed by atoms with Crippen molar-refractivity contribution in [1.29, 1.82) is 0 Å². The lowest BCUT2D eigenvalue weighted by atomic mass is 9.81. The van der Waals surface area contributed by atoms with Crippen molar-refractivity contribution in [2.75, 3.05) is 20.2 Å². The molecule has 1 aliphatic heterocycles. The maximum atomic E-state index is 12.7. The molecule has 0 spiro atoms. The molecule has 1 aromatic carbocycles. The number of carbonyl (C=O) groups is 2. The number of hydrogen-bond acceptors (Lipinski definition) is 4. The summed E-state index contributed by atoms with van der Waals surface area (Å²) in [7, 11) is 1.68. The molecule has 0 saturated carbocycles. The molecule has 2 aliphatic rings. The Balaban J connectivity index is 1.48. The SMILES string of the molecule is COc1ccc2c(c1)CCCC2CC(=O)NC1CCN(C(=O)OC(C)(C)C)CC1. The quantitative estimate of drug-likeness (QED) is 0.826. The van der Waals surface area contributed by atoms with E-state index in [1.807, 2.05) is 26.8 Å². The van der Waals surface area contributed by atoms with Crippen LogP contribution in [-0.4, -0.2) is 48.7 Å². The van der Waals surface area contributed by atoms with Crippen LogP contribution in [0.1, 0.15) is 69.9 Å². The Morgan fingerprint density at radius 3 is 2.55 bits per heavy atom. The molecular weight excluding hydrogens is 368 g/mol. The molecule has 160 valence electrons. The van der Waals surface area contributed by atoms with E-state index < -0.39 is 5.60 Å². The highest BCUT2D eigenvalue weighted by Gasteiger charge is 2.29. The van der Waals surface area contributed by atoms with Crippen LogP contribution in [0, 0.1) is 0 Å². The molecule has 6 heteroatoms. The van der Waals surface area contributed by atoms with E-state index in [1.165, 1.54) is 11.1 Å². The molecule has 1 fully saturated rings. The van der Waals surface area contributed by atoms with Crippen molar-refractivity contribution >= 4 is 12.0 Å². The van der Waals surface area contributed by atoms with E-state index in [2.05, 4.69) is 17.4 Å². The summed E-state index contributed by atoms with van der Waals surface area (Å²) >= 11 is 0. The molecule has 29 heavy (non-hydrogen) atoms. The van der Waals surface area contributed by atoms with Gasteiger partial charge in [-0.1, -0.05) is 6.07 Å². The Morgan fingerprint density at radius 1 is 1.17 bits per heavy atom. The highest BCUT2D eigenvalue weighted by atomic mass is 16.6. The zero-order chi connectivity index (χ0) is 21.0. The van der Waals surface area contributed by atoms with Crippen molar-refractivity contribution < 1.29 is 19.1 Å². The zero-order valence-electron chi connectivity index (χ0n) is 18.1. The molecule has 1 N–H and O–H groups in total. The van der Waals surface area contributed by atoms with Crippen molar-refractivity contribution in [1.82, 2.24) is 10.2 Å². The van der Waals surface area contributed by atoms with Gasteiger partial charge in [0.1, 0.15) is 11.4 Å². The van der Waals surface area contributed by atoms with Gasteiger partial charge in [0.15, 0.2) is 0 Å². The predicted octanol–water partition coefficient (Wildman–Crippen LogP) is 4.02. The summed E-state index contributed by atoms with van der Waals surface area (Å²) in [5.41, 5.74) is 2.11. The van der Waals surface area contributed by atoms with E-state index >= 15 is 0 Å². The topological polar surface area (TPSA) is 67.9 Å². The second-order valence-corrected chi connectivity index (χ2v) is 9.17. The molecule has 1 heterocycles. The molecule has 1 atom stereocenters. The maximum absolute atomic E-state index is 12.7. The van der Waals surface area contributed by atoms with Crippen LogP contribution in [-0.2, 0) is 16.0 Å². The number of carbonyl (C=O) groups excluding carboxylic acids is 2. The summed E-state index contributed by atoms with van der Waals surface area (Å²) in [6.45, 7) is 6.85. The Hall–Kier alpha value is -2.24. The highest BCUT2D eigenvalue weighted by molar-refractivity contribution is 5.77. The Kier molecular flexibility index (Phi) is 6.70. The van der Waals surface area contributed by atoms with Crippen molar-refractivity contribution in [3.63, 3.8) is 0 Å². The van der Waals surface area contributed by atoms with E-state index in [4.69, 9.17) is 9.47 Å². The number of likely N-dealkylation sites (tertiary alicyclic amines) is 1. The lowest BCUT2D eigenvalue weighted by Crippen LogP contribution is -2.48. The highest BCUT2D eigenvalue weighted by Crippen LogP contribution is 2.35. The van der Waals surface area contributed by atoms with Crippen LogP contribution < -0.4 is 10.1 Å².